The molecule has 1 aromatic carbocycles. The van der Waals surface area contributed by atoms with Crippen LogP contribution in [0.25, 0.3) is 0 Å². The van der Waals surface area contributed by atoms with E-state index in [4.69, 9.17) is 17.3 Å². The van der Waals surface area contributed by atoms with Crippen molar-refractivity contribution in [3.63, 3.8) is 0 Å². The summed E-state index contributed by atoms with van der Waals surface area (Å²) < 4.78 is 49.2. The Labute approximate surface area is 101 Å². The Balaban J connectivity index is 0.00000225. The standard InChI is InChI=1S/C9H8ClF4N.ClH/c10-5-2-1-3-6(11)8(5)7(15)4-9(12,13)14;/h1-3,7H,4,15H2;1H/t7-;/m1./s1. The second-order valence-corrected chi connectivity index (χ2v) is 3.47. The summed E-state index contributed by atoms with van der Waals surface area (Å²) in [5.74, 6) is -0.820. The average Bonchev–Trinajstić information content (AvgIpc) is 1.99. The van der Waals surface area contributed by atoms with E-state index in [9.17, 15) is 17.6 Å². The molecule has 0 amide bonds. The van der Waals surface area contributed by atoms with Crippen LogP contribution >= 0.6 is 24.0 Å². The first-order valence-corrected chi connectivity index (χ1v) is 4.45. The highest BCUT2D eigenvalue weighted by Crippen LogP contribution is 2.32. The van der Waals surface area contributed by atoms with Crippen molar-refractivity contribution in [2.45, 2.75) is 18.6 Å². The zero-order valence-corrected chi connectivity index (χ0v) is 9.46. The molecule has 1 aromatic rings. The Kier molecular flexibility index (Phi) is 5.52. The van der Waals surface area contributed by atoms with Crippen molar-refractivity contribution in [2.75, 3.05) is 0 Å². The first-order valence-electron chi connectivity index (χ1n) is 4.07. The van der Waals surface area contributed by atoms with Gasteiger partial charge in [0.1, 0.15) is 5.82 Å². The quantitative estimate of drug-likeness (QED) is 0.817. The van der Waals surface area contributed by atoms with Gasteiger partial charge in [-0.25, -0.2) is 4.39 Å². The second kappa shape index (κ2) is 5.70. The van der Waals surface area contributed by atoms with E-state index in [1.807, 2.05) is 0 Å². The molecule has 0 saturated carbocycles. The van der Waals surface area contributed by atoms with E-state index in [0.29, 0.717) is 0 Å². The largest absolute Gasteiger partial charge is 0.390 e. The number of hydrogen-bond donors (Lipinski definition) is 1. The fraction of sp³-hybridized carbons (Fsp3) is 0.333. The summed E-state index contributed by atoms with van der Waals surface area (Å²) in [6.07, 6.45) is -5.74. The van der Waals surface area contributed by atoms with E-state index in [1.165, 1.54) is 12.1 Å². The van der Waals surface area contributed by atoms with Gasteiger partial charge in [0.25, 0.3) is 0 Å². The third-order valence-electron chi connectivity index (χ3n) is 1.82. The first-order chi connectivity index (χ1) is 6.81. The van der Waals surface area contributed by atoms with Gasteiger partial charge in [0.15, 0.2) is 0 Å². The van der Waals surface area contributed by atoms with Gasteiger partial charge in [-0.15, -0.1) is 12.4 Å². The Morgan fingerprint density at radius 2 is 1.88 bits per heavy atom. The summed E-state index contributed by atoms with van der Waals surface area (Å²) >= 11 is 5.57. The van der Waals surface area contributed by atoms with E-state index in [0.717, 1.165) is 6.07 Å². The molecule has 16 heavy (non-hydrogen) atoms. The molecular formula is C9H9Cl2F4N. The maximum absolute atomic E-state index is 13.1. The molecule has 0 aliphatic rings. The predicted octanol–water partition coefficient (Wildman–Crippen LogP) is 3.85. The minimum absolute atomic E-state index is 0. The van der Waals surface area contributed by atoms with Crippen molar-refractivity contribution in [3.8, 4) is 0 Å². The smallest absolute Gasteiger partial charge is 0.324 e. The van der Waals surface area contributed by atoms with E-state index in [-0.39, 0.29) is 23.0 Å². The van der Waals surface area contributed by atoms with Crippen LogP contribution < -0.4 is 5.73 Å². The van der Waals surface area contributed by atoms with Crippen molar-refractivity contribution in [1.82, 2.24) is 0 Å². The Morgan fingerprint density at radius 1 is 1.31 bits per heavy atom. The summed E-state index contributed by atoms with van der Waals surface area (Å²) in [4.78, 5) is 0. The van der Waals surface area contributed by atoms with Gasteiger partial charge in [0, 0.05) is 16.6 Å². The predicted molar refractivity (Wildman–Crippen MR) is 56.3 cm³/mol. The van der Waals surface area contributed by atoms with Gasteiger partial charge in [-0.2, -0.15) is 13.2 Å². The monoisotopic (exact) mass is 277 g/mol. The van der Waals surface area contributed by atoms with E-state index < -0.39 is 24.5 Å². The minimum atomic E-state index is -4.44. The van der Waals surface area contributed by atoms with Crippen LogP contribution in [0.15, 0.2) is 18.2 Å². The lowest BCUT2D eigenvalue weighted by molar-refractivity contribution is -0.138. The van der Waals surface area contributed by atoms with Gasteiger partial charge in [0.2, 0.25) is 0 Å². The molecule has 2 N–H and O–H groups in total. The Morgan fingerprint density at radius 3 is 2.31 bits per heavy atom. The minimum Gasteiger partial charge on any atom is -0.324 e. The van der Waals surface area contributed by atoms with Crippen molar-refractivity contribution >= 4 is 24.0 Å². The molecule has 0 heterocycles. The van der Waals surface area contributed by atoms with Gasteiger partial charge < -0.3 is 5.73 Å². The fourth-order valence-corrected chi connectivity index (χ4v) is 1.52. The highest BCUT2D eigenvalue weighted by molar-refractivity contribution is 6.31. The van der Waals surface area contributed by atoms with Gasteiger partial charge >= 0.3 is 6.18 Å². The van der Waals surface area contributed by atoms with Crippen LogP contribution in [0.4, 0.5) is 17.6 Å². The number of hydrogen-bond acceptors (Lipinski definition) is 1. The van der Waals surface area contributed by atoms with Crippen LogP contribution in [0.5, 0.6) is 0 Å². The van der Waals surface area contributed by atoms with Gasteiger partial charge in [-0.3, -0.25) is 0 Å². The van der Waals surface area contributed by atoms with Crippen LogP contribution in [-0.4, -0.2) is 6.18 Å². The molecule has 0 bridgehead atoms. The summed E-state index contributed by atoms with van der Waals surface area (Å²) in [5.41, 5.74) is 4.94. The number of halogens is 6. The fourth-order valence-electron chi connectivity index (χ4n) is 1.22. The second-order valence-electron chi connectivity index (χ2n) is 3.06. The van der Waals surface area contributed by atoms with Crippen LogP contribution in [0.1, 0.15) is 18.0 Å². The SMILES string of the molecule is Cl.N[C@H](CC(F)(F)F)c1c(F)cccc1Cl. The summed E-state index contributed by atoms with van der Waals surface area (Å²) in [5, 5.41) is -0.0910. The lowest BCUT2D eigenvalue weighted by Gasteiger charge is -2.16. The van der Waals surface area contributed by atoms with E-state index in [1.54, 1.807) is 0 Å². The van der Waals surface area contributed by atoms with Gasteiger partial charge in [0.05, 0.1) is 6.42 Å². The van der Waals surface area contributed by atoms with Crippen LogP contribution in [0, 0.1) is 5.82 Å². The molecule has 0 aromatic heterocycles. The van der Waals surface area contributed by atoms with Crippen molar-refractivity contribution in [1.29, 1.82) is 0 Å². The Hall–Kier alpha value is -0.520. The van der Waals surface area contributed by atoms with Crippen molar-refractivity contribution in [2.24, 2.45) is 5.73 Å². The molecule has 0 fully saturated rings. The lowest BCUT2D eigenvalue weighted by Crippen LogP contribution is -2.21. The van der Waals surface area contributed by atoms with Crippen LogP contribution in [-0.2, 0) is 0 Å². The summed E-state index contributed by atoms with van der Waals surface area (Å²) in [6, 6.07) is 2.16. The Bertz CT molecular complexity index is 334. The number of benzene rings is 1. The average molecular weight is 278 g/mol. The number of alkyl halides is 3. The normalized spacial score (nSPS) is 13.1. The molecule has 0 aliphatic heterocycles. The summed E-state index contributed by atoms with van der Waals surface area (Å²) in [7, 11) is 0. The molecule has 1 atom stereocenters. The molecule has 0 spiro atoms. The molecule has 92 valence electrons. The molecule has 0 saturated heterocycles. The highest BCUT2D eigenvalue weighted by Gasteiger charge is 2.32. The molecular weight excluding hydrogens is 269 g/mol. The van der Waals surface area contributed by atoms with Crippen molar-refractivity contribution < 1.29 is 17.6 Å². The zero-order valence-electron chi connectivity index (χ0n) is 7.89. The maximum atomic E-state index is 13.1. The third kappa shape index (κ3) is 4.15. The van der Waals surface area contributed by atoms with E-state index >= 15 is 0 Å². The summed E-state index contributed by atoms with van der Waals surface area (Å²) in [6.45, 7) is 0. The van der Waals surface area contributed by atoms with E-state index in [2.05, 4.69) is 0 Å². The van der Waals surface area contributed by atoms with Crippen LogP contribution in [0.2, 0.25) is 5.02 Å². The third-order valence-corrected chi connectivity index (χ3v) is 2.15. The molecule has 0 radical (unpaired) electrons. The number of nitrogens with two attached hydrogens (primary N) is 1. The molecule has 1 nitrogen and oxygen atoms in total. The lowest BCUT2D eigenvalue weighted by atomic mass is 10.0. The zero-order chi connectivity index (χ0) is 11.6. The first kappa shape index (κ1) is 15.5. The van der Waals surface area contributed by atoms with Crippen LogP contribution in [0.3, 0.4) is 0 Å². The highest BCUT2D eigenvalue weighted by atomic mass is 35.5. The molecule has 1 rings (SSSR count). The molecule has 0 unspecified atom stereocenters. The molecule has 7 heteroatoms. The number of rotatable bonds is 2. The van der Waals surface area contributed by atoms with Crippen molar-refractivity contribution in [3.05, 3.63) is 34.6 Å². The van der Waals surface area contributed by atoms with Gasteiger partial charge in [-0.1, -0.05) is 17.7 Å². The topological polar surface area (TPSA) is 26.0 Å². The molecule has 0 aliphatic carbocycles. The maximum Gasteiger partial charge on any atom is 0.390 e. The van der Waals surface area contributed by atoms with Gasteiger partial charge in [-0.05, 0) is 12.1 Å².